The Labute approximate surface area is 121 Å². The first-order chi connectivity index (χ1) is 9.72. The second-order valence-corrected chi connectivity index (χ2v) is 5.58. The molecule has 1 aliphatic rings. The largest absolute Gasteiger partial charge is 0.367 e. The van der Waals surface area contributed by atoms with Gasteiger partial charge < -0.3 is 14.6 Å². The smallest absolute Gasteiger partial charge is 0.243 e. The maximum atomic E-state index is 6.08. The molecule has 2 rings (SSSR count). The molecule has 5 heteroatoms. The minimum absolute atomic E-state index is 0.0886. The molecule has 20 heavy (non-hydrogen) atoms. The predicted molar refractivity (Wildman–Crippen MR) is 77.4 cm³/mol. The van der Waals surface area contributed by atoms with Crippen molar-refractivity contribution in [3.63, 3.8) is 0 Å². The molecule has 0 saturated heterocycles. The highest BCUT2D eigenvalue weighted by Gasteiger charge is 2.38. The monoisotopic (exact) mass is 281 g/mol. The van der Waals surface area contributed by atoms with E-state index in [0.29, 0.717) is 12.5 Å². The van der Waals surface area contributed by atoms with Crippen LogP contribution in [0.15, 0.2) is 4.52 Å². The van der Waals surface area contributed by atoms with Gasteiger partial charge in [-0.2, -0.15) is 4.98 Å². The summed E-state index contributed by atoms with van der Waals surface area (Å²) < 4.78 is 11.5. The Kier molecular flexibility index (Phi) is 5.54. The molecular weight excluding hydrogens is 254 g/mol. The van der Waals surface area contributed by atoms with E-state index in [0.717, 1.165) is 25.2 Å². The van der Waals surface area contributed by atoms with Gasteiger partial charge in [0.05, 0.1) is 6.04 Å². The molecule has 1 N–H and O–H groups in total. The number of rotatable bonds is 6. The van der Waals surface area contributed by atoms with Crippen LogP contribution in [0.3, 0.4) is 0 Å². The Morgan fingerprint density at radius 2 is 1.95 bits per heavy atom. The predicted octanol–water partition coefficient (Wildman–Crippen LogP) is 3.33. The van der Waals surface area contributed by atoms with Crippen molar-refractivity contribution >= 4 is 0 Å². The number of nitrogens with one attached hydrogen (secondary N) is 1. The molecule has 114 valence electrons. The van der Waals surface area contributed by atoms with Crippen molar-refractivity contribution in [1.29, 1.82) is 0 Å². The van der Waals surface area contributed by atoms with Crippen LogP contribution < -0.4 is 5.32 Å². The van der Waals surface area contributed by atoms with Gasteiger partial charge in [-0.25, -0.2) is 0 Å². The summed E-state index contributed by atoms with van der Waals surface area (Å²) in [6.07, 6.45) is 6.88. The number of ether oxygens (including phenoxy) is 1. The lowest BCUT2D eigenvalue weighted by Crippen LogP contribution is -2.31. The summed E-state index contributed by atoms with van der Waals surface area (Å²) in [6.45, 7) is 7.72. The minimum Gasteiger partial charge on any atom is -0.367 e. The van der Waals surface area contributed by atoms with Gasteiger partial charge in [0.25, 0.3) is 0 Å². The van der Waals surface area contributed by atoms with Gasteiger partial charge >= 0.3 is 0 Å². The van der Waals surface area contributed by atoms with Crippen molar-refractivity contribution in [2.24, 2.45) is 0 Å². The molecule has 1 saturated carbocycles. The average molecular weight is 281 g/mol. The zero-order valence-electron chi connectivity index (χ0n) is 12.9. The molecule has 0 bridgehead atoms. The van der Waals surface area contributed by atoms with Crippen molar-refractivity contribution in [2.75, 3.05) is 13.2 Å². The molecule has 0 aromatic carbocycles. The summed E-state index contributed by atoms with van der Waals surface area (Å²) in [5.41, 5.74) is -0.334. The van der Waals surface area contributed by atoms with Crippen molar-refractivity contribution in [1.82, 2.24) is 15.5 Å². The van der Waals surface area contributed by atoms with Gasteiger partial charge in [0, 0.05) is 6.61 Å². The molecule has 5 nitrogen and oxygen atoms in total. The van der Waals surface area contributed by atoms with Crippen LogP contribution in [0.2, 0.25) is 0 Å². The quantitative estimate of drug-likeness (QED) is 0.810. The van der Waals surface area contributed by atoms with E-state index in [4.69, 9.17) is 9.26 Å². The first-order valence-corrected chi connectivity index (χ1v) is 7.93. The second kappa shape index (κ2) is 7.18. The first-order valence-electron chi connectivity index (χ1n) is 7.93. The molecule has 1 aromatic rings. The van der Waals surface area contributed by atoms with E-state index >= 15 is 0 Å². The Hall–Kier alpha value is -0.940. The lowest BCUT2D eigenvalue weighted by atomic mass is 9.93. The van der Waals surface area contributed by atoms with Gasteiger partial charge in [0.2, 0.25) is 11.7 Å². The van der Waals surface area contributed by atoms with Gasteiger partial charge in [0.1, 0.15) is 5.60 Å². The number of hydrogen-bond acceptors (Lipinski definition) is 5. The Balaban J connectivity index is 2.20. The van der Waals surface area contributed by atoms with Crippen LogP contribution in [0.5, 0.6) is 0 Å². The summed E-state index contributed by atoms with van der Waals surface area (Å²) in [6, 6.07) is 0.0886. The van der Waals surface area contributed by atoms with E-state index in [2.05, 4.69) is 22.4 Å². The third-order valence-corrected chi connectivity index (χ3v) is 4.06. The highest BCUT2D eigenvalue weighted by Crippen LogP contribution is 2.38. The molecule has 0 aliphatic heterocycles. The number of aromatic nitrogens is 2. The molecular formula is C15H27N3O2. The molecule has 0 radical (unpaired) electrons. The summed E-state index contributed by atoms with van der Waals surface area (Å²) >= 11 is 0. The zero-order valence-corrected chi connectivity index (χ0v) is 12.9. The van der Waals surface area contributed by atoms with E-state index in [1.54, 1.807) is 0 Å². The van der Waals surface area contributed by atoms with Crippen LogP contribution in [0.1, 0.15) is 77.1 Å². The normalized spacial score (nSPS) is 20.6. The number of nitrogens with zero attached hydrogens (tertiary/aromatic N) is 2. The van der Waals surface area contributed by atoms with Crippen molar-refractivity contribution < 1.29 is 9.26 Å². The molecule has 0 amide bonds. The third-order valence-electron chi connectivity index (χ3n) is 4.06. The topological polar surface area (TPSA) is 60.2 Å². The van der Waals surface area contributed by atoms with Gasteiger partial charge in [-0.15, -0.1) is 0 Å². The van der Waals surface area contributed by atoms with Crippen molar-refractivity contribution in [3.05, 3.63) is 11.7 Å². The maximum Gasteiger partial charge on any atom is 0.243 e. The summed E-state index contributed by atoms with van der Waals surface area (Å²) in [5.74, 6) is 1.39. The average Bonchev–Trinajstić information content (AvgIpc) is 2.82. The van der Waals surface area contributed by atoms with Gasteiger partial charge in [0.15, 0.2) is 0 Å². The van der Waals surface area contributed by atoms with Gasteiger partial charge in [-0.3, -0.25) is 0 Å². The van der Waals surface area contributed by atoms with E-state index in [-0.39, 0.29) is 11.6 Å². The lowest BCUT2D eigenvalue weighted by molar-refractivity contribution is -0.0636. The standard InChI is InChI=1S/C15H27N3O2/c1-4-16-12(3)13-17-14(18-20-13)15(19-5-2)10-8-6-7-9-11-15/h12,16H,4-11H2,1-3H3. The van der Waals surface area contributed by atoms with Crippen LogP contribution >= 0.6 is 0 Å². The summed E-state index contributed by atoms with van der Waals surface area (Å²) in [7, 11) is 0. The second-order valence-electron chi connectivity index (χ2n) is 5.58. The number of hydrogen-bond donors (Lipinski definition) is 1. The SMILES string of the molecule is CCNC(C)c1nc(C2(OCC)CCCCCC2)no1. The summed E-state index contributed by atoms with van der Waals surface area (Å²) in [5, 5.41) is 7.52. The Bertz CT molecular complexity index is 398. The van der Waals surface area contributed by atoms with E-state index in [1.807, 2.05) is 13.8 Å². The van der Waals surface area contributed by atoms with E-state index in [9.17, 15) is 0 Å². The van der Waals surface area contributed by atoms with Crippen LogP contribution in [-0.4, -0.2) is 23.3 Å². The molecule has 1 atom stereocenters. The first kappa shape index (κ1) is 15.4. The minimum atomic E-state index is -0.334. The maximum absolute atomic E-state index is 6.08. The van der Waals surface area contributed by atoms with Gasteiger partial charge in [-0.1, -0.05) is 37.8 Å². The molecule has 0 spiro atoms. The van der Waals surface area contributed by atoms with Crippen LogP contribution in [0, 0.1) is 0 Å². The van der Waals surface area contributed by atoms with E-state index < -0.39 is 0 Å². The molecule has 1 unspecified atom stereocenters. The van der Waals surface area contributed by atoms with Crippen LogP contribution in [-0.2, 0) is 10.3 Å². The lowest BCUT2D eigenvalue weighted by Gasteiger charge is -2.29. The van der Waals surface area contributed by atoms with Crippen LogP contribution in [0.25, 0.3) is 0 Å². The Morgan fingerprint density at radius 3 is 2.55 bits per heavy atom. The fourth-order valence-electron chi connectivity index (χ4n) is 3.00. The van der Waals surface area contributed by atoms with Crippen molar-refractivity contribution in [2.45, 2.75) is 70.9 Å². The molecule has 1 aliphatic carbocycles. The highest BCUT2D eigenvalue weighted by atomic mass is 16.5. The van der Waals surface area contributed by atoms with Gasteiger partial charge in [-0.05, 0) is 33.2 Å². The molecule has 1 heterocycles. The third kappa shape index (κ3) is 3.38. The van der Waals surface area contributed by atoms with E-state index in [1.165, 1.54) is 25.7 Å². The van der Waals surface area contributed by atoms with Crippen molar-refractivity contribution in [3.8, 4) is 0 Å². The Morgan fingerprint density at radius 1 is 1.25 bits per heavy atom. The fourth-order valence-corrected chi connectivity index (χ4v) is 3.00. The molecule has 1 fully saturated rings. The fraction of sp³-hybridized carbons (Fsp3) is 0.867. The van der Waals surface area contributed by atoms with Crippen LogP contribution in [0.4, 0.5) is 0 Å². The molecule has 1 aromatic heterocycles. The summed E-state index contributed by atoms with van der Waals surface area (Å²) in [4.78, 5) is 4.62. The highest BCUT2D eigenvalue weighted by molar-refractivity contribution is 5.04. The zero-order chi connectivity index (χ0) is 14.4.